The third-order valence-corrected chi connectivity index (χ3v) is 1.66. The number of aliphatic hydroxyl groups is 2. The summed E-state index contributed by atoms with van der Waals surface area (Å²) in [6.45, 7) is 6.06. The van der Waals surface area contributed by atoms with Crippen molar-refractivity contribution in [1.29, 1.82) is 0 Å². The van der Waals surface area contributed by atoms with Gasteiger partial charge in [0.15, 0.2) is 0 Å². The van der Waals surface area contributed by atoms with E-state index in [9.17, 15) is 5.11 Å². The van der Waals surface area contributed by atoms with Crippen molar-refractivity contribution in [2.24, 2.45) is 11.8 Å². The molecule has 2 nitrogen and oxygen atoms in total. The zero-order valence-electron chi connectivity index (χ0n) is 7.04. The number of aliphatic hydroxyl groups excluding tert-OH is 2. The predicted molar refractivity (Wildman–Crippen MR) is 41.7 cm³/mol. The fourth-order valence-corrected chi connectivity index (χ4v) is 0.837. The minimum absolute atomic E-state index is 0.0161. The smallest absolute Gasteiger partial charge is 0.0590 e. The molecule has 2 N–H and O–H groups in total. The third kappa shape index (κ3) is 3.85. The van der Waals surface area contributed by atoms with Crippen molar-refractivity contribution in [2.45, 2.75) is 33.3 Å². The summed E-state index contributed by atoms with van der Waals surface area (Å²) < 4.78 is 0. The summed E-state index contributed by atoms with van der Waals surface area (Å²) in [5.74, 6) is 0.520. The van der Waals surface area contributed by atoms with E-state index >= 15 is 0 Å². The molecule has 1 unspecified atom stereocenters. The first-order valence-electron chi connectivity index (χ1n) is 3.86. The van der Waals surface area contributed by atoms with Crippen LogP contribution in [0, 0.1) is 11.8 Å². The second kappa shape index (κ2) is 4.69. The van der Waals surface area contributed by atoms with Crippen LogP contribution in [0.4, 0.5) is 0 Å². The Balaban J connectivity index is 3.50. The van der Waals surface area contributed by atoms with E-state index < -0.39 is 0 Å². The fourth-order valence-electron chi connectivity index (χ4n) is 0.837. The lowest BCUT2D eigenvalue weighted by molar-refractivity contribution is 0.0612. The Kier molecular flexibility index (Phi) is 4.65. The summed E-state index contributed by atoms with van der Waals surface area (Å²) in [5.41, 5.74) is 0. The minimum atomic E-state index is -0.343. The highest BCUT2D eigenvalue weighted by Gasteiger charge is 2.13. The van der Waals surface area contributed by atoms with Gasteiger partial charge in [0, 0.05) is 12.5 Å². The van der Waals surface area contributed by atoms with Gasteiger partial charge in [-0.15, -0.1) is 0 Å². The monoisotopic (exact) mass is 146 g/mol. The average molecular weight is 146 g/mol. The standard InChI is InChI=1S/C8H18O2/c1-6(2)4-8(10)7(3)5-9/h6-10H,4-5H2,1-3H3/t7-,8?/m1/s1. The van der Waals surface area contributed by atoms with E-state index in [1.165, 1.54) is 0 Å². The molecule has 0 aliphatic carbocycles. The summed E-state index contributed by atoms with van der Waals surface area (Å²) >= 11 is 0. The van der Waals surface area contributed by atoms with Crippen molar-refractivity contribution in [3.8, 4) is 0 Å². The Hall–Kier alpha value is -0.0800. The average Bonchev–Trinajstić information content (AvgIpc) is 1.85. The van der Waals surface area contributed by atoms with Crippen molar-refractivity contribution in [1.82, 2.24) is 0 Å². The molecule has 62 valence electrons. The molecule has 2 heteroatoms. The molecule has 0 saturated carbocycles. The Morgan fingerprint density at radius 3 is 2.00 bits per heavy atom. The first kappa shape index (κ1) is 9.92. The van der Waals surface area contributed by atoms with Gasteiger partial charge in [-0.2, -0.15) is 0 Å². The Labute approximate surface area is 62.9 Å². The zero-order chi connectivity index (χ0) is 8.15. The van der Waals surface area contributed by atoms with E-state index in [-0.39, 0.29) is 18.6 Å². The molecular weight excluding hydrogens is 128 g/mol. The quantitative estimate of drug-likeness (QED) is 0.621. The topological polar surface area (TPSA) is 40.5 Å². The molecule has 0 amide bonds. The predicted octanol–water partition coefficient (Wildman–Crippen LogP) is 1.02. The van der Waals surface area contributed by atoms with Crippen LogP contribution in [0.2, 0.25) is 0 Å². The summed E-state index contributed by atoms with van der Waals surface area (Å²) in [6.07, 6.45) is 0.437. The van der Waals surface area contributed by atoms with Crippen LogP contribution in [0.15, 0.2) is 0 Å². The Bertz CT molecular complexity index is 81.3. The van der Waals surface area contributed by atoms with E-state index in [1.54, 1.807) is 0 Å². The normalized spacial score (nSPS) is 17.4. The molecule has 0 spiro atoms. The largest absolute Gasteiger partial charge is 0.396 e. The lowest BCUT2D eigenvalue weighted by Crippen LogP contribution is -2.22. The number of rotatable bonds is 4. The molecule has 0 heterocycles. The van der Waals surface area contributed by atoms with Crippen molar-refractivity contribution >= 4 is 0 Å². The molecule has 0 rings (SSSR count). The van der Waals surface area contributed by atoms with Crippen LogP contribution in [0.3, 0.4) is 0 Å². The maximum atomic E-state index is 9.33. The number of hydrogen-bond donors (Lipinski definition) is 2. The van der Waals surface area contributed by atoms with Gasteiger partial charge in [0.05, 0.1) is 6.10 Å². The molecule has 0 aromatic rings. The van der Waals surface area contributed by atoms with Gasteiger partial charge in [0.25, 0.3) is 0 Å². The lowest BCUT2D eigenvalue weighted by Gasteiger charge is -2.17. The summed E-state index contributed by atoms with van der Waals surface area (Å²) in [5, 5.41) is 18.0. The van der Waals surface area contributed by atoms with Gasteiger partial charge in [-0.05, 0) is 12.3 Å². The van der Waals surface area contributed by atoms with Crippen LogP contribution in [0.1, 0.15) is 27.2 Å². The second-order valence-corrected chi connectivity index (χ2v) is 3.36. The molecule has 0 aromatic heterocycles. The van der Waals surface area contributed by atoms with E-state index in [0.29, 0.717) is 5.92 Å². The van der Waals surface area contributed by atoms with Gasteiger partial charge in [-0.1, -0.05) is 20.8 Å². The van der Waals surface area contributed by atoms with Crippen molar-refractivity contribution in [3.05, 3.63) is 0 Å². The summed E-state index contributed by atoms with van der Waals surface area (Å²) in [6, 6.07) is 0. The maximum Gasteiger partial charge on any atom is 0.0590 e. The molecule has 10 heavy (non-hydrogen) atoms. The van der Waals surface area contributed by atoms with Gasteiger partial charge in [0.1, 0.15) is 0 Å². The molecule has 0 fully saturated rings. The molecule has 0 saturated heterocycles. The fraction of sp³-hybridized carbons (Fsp3) is 1.00. The molecule has 0 bridgehead atoms. The van der Waals surface area contributed by atoms with Crippen molar-refractivity contribution < 1.29 is 10.2 Å². The minimum Gasteiger partial charge on any atom is -0.396 e. The van der Waals surface area contributed by atoms with E-state index in [0.717, 1.165) is 6.42 Å². The Morgan fingerprint density at radius 2 is 1.70 bits per heavy atom. The van der Waals surface area contributed by atoms with Gasteiger partial charge in [-0.3, -0.25) is 0 Å². The Morgan fingerprint density at radius 1 is 1.20 bits per heavy atom. The van der Waals surface area contributed by atoms with E-state index in [1.807, 2.05) is 6.92 Å². The summed E-state index contributed by atoms with van der Waals surface area (Å²) in [4.78, 5) is 0. The van der Waals surface area contributed by atoms with Crippen LogP contribution < -0.4 is 0 Å². The van der Waals surface area contributed by atoms with Crippen LogP contribution >= 0.6 is 0 Å². The SMILES string of the molecule is CC(C)CC(O)[C@H](C)CO. The van der Waals surface area contributed by atoms with Gasteiger partial charge in [0.2, 0.25) is 0 Å². The molecule has 2 atom stereocenters. The maximum absolute atomic E-state index is 9.33. The highest BCUT2D eigenvalue weighted by Crippen LogP contribution is 2.11. The number of hydrogen-bond acceptors (Lipinski definition) is 2. The van der Waals surface area contributed by atoms with Crippen molar-refractivity contribution in [3.63, 3.8) is 0 Å². The molecule has 0 aliphatic rings. The second-order valence-electron chi connectivity index (χ2n) is 3.36. The van der Waals surface area contributed by atoms with Gasteiger partial charge < -0.3 is 10.2 Å². The van der Waals surface area contributed by atoms with Crippen LogP contribution in [0.25, 0.3) is 0 Å². The van der Waals surface area contributed by atoms with Crippen LogP contribution in [0.5, 0.6) is 0 Å². The van der Waals surface area contributed by atoms with Crippen LogP contribution in [-0.4, -0.2) is 22.9 Å². The summed E-state index contributed by atoms with van der Waals surface area (Å²) in [7, 11) is 0. The lowest BCUT2D eigenvalue weighted by atomic mass is 9.97. The molecule has 0 aromatic carbocycles. The third-order valence-electron chi connectivity index (χ3n) is 1.66. The molecular formula is C8H18O2. The highest BCUT2D eigenvalue weighted by molar-refractivity contribution is 4.64. The molecule has 0 radical (unpaired) electrons. The highest BCUT2D eigenvalue weighted by atomic mass is 16.3. The molecule has 0 aliphatic heterocycles. The first-order chi connectivity index (χ1) is 4.57. The van der Waals surface area contributed by atoms with E-state index in [4.69, 9.17) is 5.11 Å². The van der Waals surface area contributed by atoms with Gasteiger partial charge >= 0.3 is 0 Å². The zero-order valence-corrected chi connectivity index (χ0v) is 7.04. The van der Waals surface area contributed by atoms with Crippen molar-refractivity contribution in [2.75, 3.05) is 6.61 Å². The van der Waals surface area contributed by atoms with E-state index in [2.05, 4.69) is 13.8 Å². The van der Waals surface area contributed by atoms with Gasteiger partial charge in [-0.25, -0.2) is 0 Å². The first-order valence-corrected chi connectivity index (χ1v) is 3.86. The van der Waals surface area contributed by atoms with Crippen LogP contribution in [-0.2, 0) is 0 Å².